The lowest BCUT2D eigenvalue weighted by Gasteiger charge is -2.30. The van der Waals surface area contributed by atoms with Crippen molar-refractivity contribution in [1.82, 2.24) is 0 Å². The molecule has 0 saturated carbocycles. The highest BCUT2D eigenvalue weighted by atomic mass is 79.9. The van der Waals surface area contributed by atoms with Crippen LogP contribution in [0.4, 0.5) is 0 Å². The smallest absolute Gasteiger partial charge is 0.185 e. The summed E-state index contributed by atoms with van der Waals surface area (Å²) in [5, 5.41) is 1.85. The van der Waals surface area contributed by atoms with E-state index >= 15 is 0 Å². The van der Waals surface area contributed by atoms with E-state index in [2.05, 4.69) is 71.7 Å². The van der Waals surface area contributed by atoms with Gasteiger partial charge in [0.2, 0.25) is 0 Å². The minimum absolute atomic E-state index is 0.360. The van der Waals surface area contributed by atoms with Gasteiger partial charge in [-0.15, -0.1) is 11.3 Å². The molecule has 1 aliphatic heterocycles. The van der Waals surface area contributed by atoms with Gasteiger partial charge in [0.05, 0.1) is 17.8 Å². The summed E-state index contributed by atoms with van der Waals surface area (Å²) in [4.78, 5) is 0. The Morgan fingerprint density at radius 2 is 1.60 bits per heavy atom. The number of fused-ring (bicyclic) bond motifs is 1. The van der Waals surface area contributed by atoms with Crippen LogP contribution in [0.25, 0.3) is 10.1 Å². The Bertz CT molecular complexity index is 1030. The maximum absolute atomic E-state index is 6.20. The number of benzene rings is 2. The Labute approximate surface area is 197 Å². The van der Waals surface area contributed by atoms with E-state index in [0.717, 1.165) is 42.0 Å². The van der Waals surface area contributed by atoms with Crippen LogP contribution in [0.15, 0.2) is 46.3 Å². The summed E-state index contributed by atoms with van der Waals surface area (Å²) in [7, 11) is 0. The van der Waals surface area contributed by atoms with E-state index in [9.17, 15) is 0 Å². The number of thiophene rings is 1. The van der Waals surface area contributed by atoms with Gasteiger partial charge < -0.3 is 18.9 Å². The standard InChI is InChI=1S/C23H24Br2O4S/c1-22(2)23(3,4)29-21(28-22)14-5-10-17-18(13-14)30-20(25)19(17)27-16-8-6-15(7-9-16)26-12-11-24/h5-10,13,21H,11-12H2,1-4H3. The average molecular weight is 556 g/mol. The predicted octanol–water partition coefficient (Wildman–Crippen LogP) is 7.83. The molecule has 30 heavy (non-hydrogen) atoms. The third-order valence-electron chi connectivity index (χ3n) is 5.54. The van der Waals surface area contributed by atoms with Gasteiger partial charge in [-0.1, -0.05) is 22.0 Å². The topological polar surface area (TPSA) is 36.9 Å². The summed E-state index contributed by atoms with van der Waals surface area (Å²) in [5.74, 6) is 2.39. The lowest BCUT2D eigenvalue weighted by Crippen LogP contribution is -2.41. The van der Waals surface area contributed by atoms with Crippen LogP contribution in [0.3, 0.4) is 0 Å². The van der Waals surface area contributed by atoms with Crippen LogP contribution in [0.2, 0.25) is 0 Å². The first-order valence-electron chi connectivity index (χ1n) is 9.74. The zero-order valence-electron chi connectivity index (χ0n) is 17.3. The van der Waals surface area contributed by atoms with Crippen LogP contribution >= 0.6 is 43.2 Å². The first-order chi connectivity index (χ1) is 14.2. The molecular formula is C23H24Br2O4S. The van der Waals surface area contributed by atoms with E-state index in [1.54, 1.807) is 11.3 Å². The molecule has 7 heteroatoms. The van der Waals surface area contributed by atoms with Gasteiger partial charge in [0.1, 0.15) is 15.3 Å². The summed E-state index contributed by atoms with van der Waals surface area (Å²) in [6, 6.07) is 13.9. The van der Waals surface area contributed by atoms with Gasteiger partial charge in [-0.3, -0.25) is 0 Å². The first kappa shape index (κ1) is 22.1. The van der Waals surface area contributed by atoms with Crippen molar-refractivity contribution in [2.24, 2.45) is 0 Å². The Morgan fingerprint density at radius 3 is 2.23 bits per heavy atom. The lowest BCUT2D eigenvalue weighted by molar-refractivity contribution is -0.0894. The second-order valence-electron chi connectivity index (χ2n) is 8.16. The summed E-state index contributed by atoms with van der Waals surface area (Å²) < 4.78 is 26.2. The van der Waals surface area contributed by atoms with Gasteiger partial charge >= 0.3 is 0 Å². The maximum atomic E-state index is 6.20. The van der Waals surface area contributed by atoms with E-state index in [0.29, 0.717) is 6.61 Å². The van der Waals surface area contributed by atoms with Crippen LogP contribution in [-0.2, 0) is 9.47 Å². The Kier molecular flexibility index (Phi) is 6.21. The zero-order chi connectivity index (χ0) is 21.5. The molecule has 1 fully saturated rings. The predicted molar refractivity (Wildman–Crippen MR) is 128 cm³/mol. The molecule has 0 bridgehead atoms. The molecule has 4 nitrogen and oxygen atoms in total. The Morgan fingerprint density at radius 1 is 0.967 bits per heavy atom. The highest BCUT2D eigenvalue weighted by Gasteiger charge is 2.49. The molecule has 1 saturated heterocycles. The number of alkyl halides is 1. The fraction of sp³-hybridized carbons (Fsp3) is 0.391. The molecule has 0 N–H and O–H groups in total. The third kappa shape index (κ3) is 4.28. The second-order valence-corrected chi connectivity index (χ2v) is 11.3. The fourth-order valence-electron chi connectivity index (χ4n) is 3.16. The molecular weight excluding hydrogens is 532 g/mol. The van der Waals surface area contributed by atoms with Crippen molar-refractivity contribution in [3.05, 3.63) is 51.8 Å². The van der Waals surface area contributed by atoms with Crippen LogP contribution < -0.4 is 9.47 Å². The average Bonchev–Trinajstić information content (AvgIpc) is 3.12. The van der Waals surface area contributed by atoms with Crippen LogP contribution in [-0.4, -0.2) is 23.1 Å². The van der Waals surface area contributed by atoms with Crippen molar-refractivity contribution in [3.63, 3.8) is 0 Å². The van der Waals surface area contributed by atoms with Gasteiger partial charge in [-0.25, -0.2) is 0 Å². The van der Waals surface area contributed by atoms with Gasteiger partial charge in [-0.2, -0.15) is 0 Å². The monoisotopic (exact) mass is 554 g/mol. The molecule has 2 heterocycles. The molecule has 2 aromatic carbocycles. The lowest BCUT2D eigenvalue weighted by atomic mass is 9.90. The molecule has 0 amide bonds. The minimum Gasteiger partial charge on any atom is -0.493 e. The largest absolute Gasteiger partial charge is 0.493 e. The quantitative estimate of drug-likeness (QED) is 0.290. The molecule has 0 aliphatic carbocycles. The van der Waals surface area contributed by atoms with E-state index in [-0.39, 0.29) is 17.5 Å². The summed E-state index contributed by atoms with van der Waals surface area (Å²) >= 11 is 8.66. The first-order valence-corrected chi connectivity index (χ1v) is 12.5. The molecule has 1 aliphatic rings. The van der Waals surface area contributed by atoms with Gasteiger partial charge in [0, 0.05) is 21.0 Å². The van der Waals surface area contributed by atoms with Crippen LogP contribution in [0.5, 0.6) is 17.2 Å². The van der Waals surface area contributed by atoms with E-state index in [1.165, 1.54) is 0 Å². The highest BCUT2D eigenvalue weighted by Crippen LogP contribution is 2.48. The van der Waals surface area contributed by atoms with Crippen molar-refractivity contribution < 1.29 is 18.9 Å². The summed E-state index contributed by atoms with van der Waals surface area (Å²) in [5.41, 5.74) is 0.289. The number of rotatable bonds is 6. The van der Waals surface area contributed by atoms with Gasteiger partial charge in [0.15, 0.2) is 12.0 Å². The molecule has 0 radical (unpaired) electrons. The number of halogens is 2. The second kappa shape index (κ2) is 8.43. The highest BCUT2D eigenvalue weighted by molar-refractivity contribution is 9.11. The molecule has 0 atom stereocenters. The molecule has 0 spiro atoms. The summed E-state index contributed by atoms with van der Waals surface area (Å²) in [6.45, 7) is 8.89. The van der Waals surface area contributed by atoms with Gasteiger partial charge in [0.25, 0.3) is 0 Å². The van der Waals surface area contributed by atoms with E-state index in [1.807, 2.05) is 30.3 Å². The molecule has 0 unspecified atom stereocenters. The third-order valence-corrected chi connectivity index (χ3v) is 7.64. The normalized spacial score (nSPS) is 18.1. The van der Waals surface area contributed by atoms with Crippen molar-refractivity contribution in [3.8, 4) is 17.2 Å². The van der Waals surface area contributed by atoms with E-state index < -0.39 is 0 Å². The molecule has 3 aromatic rings. The fourth-order valence-corrected chi connectivity index (χ4v) is 5.04. The molecule has 160 valence electrons. The Hall–Kier alpha value is -1.12. The number of ether oxygens (including phenoxy) is 4. The van der Waals surface area contributed by atoms with Crippen LogP contribution in [0, 0.1) is 0 Å². The summed E-state index contributed by atoms with van der Waals surface area (Å²) in [6.07, 6.45) is -0.378. The van der Waals surface area contributed by atoms with Crippen molar-refractivity contribution >= 4 is 53.3 Å². The maximum Gasteiger partial charge on any atom is 0.185 e. The van der Waals surface area contributed by atoms with Crippen molar-refractivity contribution in [1.29, 1.82) is 0 Å². The van der Waals surface area contributed by atoms with Crippen molar-refractivity contribution in [2.45, 2.75) is 45.2 Å². The zero-order valence-corrected chi connectivity index (χ0v) is 21.3. The van der Waals surface area contributed by atoms with Gasteiger partial charge in [-0.05, 0) is 80.0 Å². The van der Waals surface area contributed by atoms with Crippen LogP contribution in [0.1, 0.15) is 39.5 Å². The number of hydrogen-bond donors (Lipinski definition) is 0. The molecule has 4 rings (SSSR count). The van der Waals surface area contributed by atoms with Crippen molar-refractivity contribution in [2.75, 3.05) is 11.9 Å². The minimum atomic E-state index is -0.378. The van der Waals surface area contributed by atoms with E-state index in [4.69, 9.17) is 18.9 Å². The molecule has 1 aromatic heterocycles. The Balaban J connectivity index is 1.57. The number of hydrogen-bond acceptors (Lipinski definition) is 5. The SMILES string of the molecule is CC1(C)OC(c2ccc3c(Oc4ccc(OCCBr)cc4)c(Br)sc3c2)OC1(C)C.